The van der Waals surface area contributed by atoms with Crippen molar-refractivity contribution in [3.8, 4) is 39.7 Å². The van der Waals surface area contributed by atoms with E-state index in [1.165, 1.54) is 53.9 Å². The average molecular weight is 834 g/mol. The van der Waals surface area contributed by atoms with E-state index in [2.05, 4.69) is 226 Å². The van der Waals surface area contributed by atoms with Crippen molar-refractivity contribution in [2.24, 2.45) is 0 Å². The van der Waals surface area contributed by atoms with Gasteiger partial charge in [-0.1, -0.05) is 146 Å². The molecule has 6 heteroatoms. The van der Waals surface area contributed by atoms with Crippen molar-refractivity contribution < 1.29 is 0 Å². The lowest BCUT2D eigenvalue weighted by Gasteiger charge is -2.14. The molecular weight excluding hydrogens is 799 g/mol. The molecule has 0 bridgehead atoms. The molecule has 5 aromatic heterocycles. The lowest BCUT2D eigenvalue weighted by atomic mass is 9.95. The smallest absolute Gasteiger partial charge is 0.235 e. The number of rotatable bonds is 5. The number of para-hydroxylation sites is 5. The SMILES string of the molecule is c1ccc(-c2nc(-n3c4ccccc4c4cc(-c5cc6c7ccccc7n(-c7ccccc7)c6c6c5c5ccccc5n6-c5ccccc5)ccc43)nc3c2sc2ccccc23)cc1. The molecule has 9 aromatic carbocycles. The fraction of sp³-hybridized carbons (Fsp3) is 0. The van der Waals surface area contributed by atoms with Crippen LogP contribution in [0.25, 0.3) is 125 Å². The fourth-order valence-electron chi connectivity index (χ4n) is 10.3. The van der Waals surface area contributed by atoms with Crippen LogP contribution in [-0.4, -0.2) is 23.7 Å². The predicted octanol–water partition coefficient (Wildman–Crippen LogP) is 15.5. The lowest BCUT2D eigenvalue weighted by Crippen LogP contribution is -2.02. The van der Waals surface area contributed by atoms with Crippen LogP contribution >= 0.6 is 11.3 Å². The van der Waals surface area contributed by atoms with Crippen LogP contribution in [0.1, 0.15) is 0 Å². The van der Waals surface area contributed by atoms with Gasteiger partial charge in [0.05, 0.1) is 49.0 Å². The van der Waals surface area contributed by atoms with E-state index in [1.54, 1.807) is 11.3 Å². The Labute approximate surface area is 371 Å². The Morgan fingerprint density at radius 2 is 0.891 bits per heavy atom. The Bertz CT molecular complexity index is 4180. The topological polar surface area (TPSA) is 40.6 Å². The summed E-state index contributed by atoms with van der Waals surface area (Å²) in [7, 11) is 0. The van der Waals surface area contributed by atoms with E-state index in [4.69, 9.17) is 9.97 Å². The summed E-state index contributed by atoms with van der Waals surface area (Å²) < 4.78 is 9.51. The van der Waals surface area contributed by atoms with Gasteiger partial charge in [0, 0.05) is 59.3 Å². The molecule has 5 nitrogen and oxygen atoms in total. The standard InChI is InChI=1S/C58H35N5S/c1-4-18-36(19-5-1)53-57-54(43-27-13-17-31-51(43)64-57)60-58(59-53)63-48-29-15-10-24-40(48)45-34-37(32-33-50(45)63)44-35-46-41-25-11-14-28-47(41)61(38-20-6-2-7-21-38)55(46)56-52(44)42-26-12-16-30-49(42)62(56)39-22-8-3-9-23-39/h1-35H. The first-order chi connectivity index (χ1) is 31.8. The number of hydrogen-bond donors (Lipinski definition) is 0. The summed E-state index contributed by atoms with van der Waals surface area (Å²) >= 11 is 1.76. The highest BCUT2D eigenvalue weighted by Crippen LogP contribution is 2.47. The molecule has 64 heavy (non-hydrogen) atoms. The second-order valence-corrected chi connectivity index (χ2v) is 17.6. The molecule has 14 rings (SSSR count). The third-order valence-electron chi connectivity index (χ3n) is 13.0. The molecule has 14 aromatic rings. The number of benzene rings is 9. The van der Waals surface area contributed by atoms with Gasteiger partial charge < -0.3 is 9.13 Å². The molecule has 0 N–H and O–H groups in total. The van der Waals surface area contributed by atoms with E-state index < -0.39 is 0 Å². The monoisotopic (exact) mass is 833 g/mol. The van der Waals surface area contributed by atoms with Crippen LogP contribution < -0.4 is 0 Å². The Morgan fingerprint density at radius 3 is 1.59 bits per heavy atom. The van der Waals surface area contributed by atoms with Gasteiger partial charge in [0.25, 0.3) is 0 Å². The molecule has 0 unspecified atom stereocenters. The van der Waals surface area contributed by atoms with E-state index >= 15 is 0 Å². The molecule has 0 fully saturated rings. The first-order valence-corrected chi connectivity index (χ1v) is 22.5. The van der Waals surface area contributed by atoms with E-state index in [0.717, 1.165) is 65.6 Å². The molecule has 0 saturated heterocycles. The van der Waals surface area contributed by atoms with Crippen molar-refractivity contribution >= 4 is 97.1 Å². The van der Waals surface area contributed by atoms with Crippen LogP contribution in [0.15, 0.2) is 212 Å². The van der Waals surface area contributed by atoms with E-state index in [0.29, 0.717) is 5.95 Å². The molecule has 5 heterocycles. The minimum Gasteiger partial charge on any atom is -0.307 e. The molecular formula is C58H35N5S. The zero-order valence-electron chi connectivity index (χ0n) is 34.4. The maximum Gasteiger partial charge on any atom is 0.235 e. The molecule has 0 spiro atoms. The summed E-state index contributed by atoms with van der Waals surface area (Å²) in [5.74, 6) is 0.664. The number of fused-ring (bicyclic) bond motifs is 13. The third kappa shape index (κ3) is 5.00. The van der Waals surface area contributed by atoms with Crippen LogP contribution in [0.4, 0.5) is 0 Å². The van der Waals surface area contributed by atoms with Crippen LogP contribution in [0.2, 0.25) is 0 Å². The number of aromatic nitrogens is 5. The maximum atomic E-state index is 5.44. The van der Waals surface area contributed by atoms with Crippen LogP contribution in [0.5, 0.6) is 0 Å². The highest BCUT2D eigenvalue weighted by molar-refractivity contribution is 7.26. The van der Waals surface area contributed by atoms with Gasteiger partial charge in [-0.25, -0.2) is 9.97 Å². The van der Waals surface area contributed by atoms with Gasteiger partial charge in [0.2, 0.25) is 5.95 Å². The summed E-state index contributed by atoms with van der Waals surface area (Å²) in [5, 5.41) is 8.32. The van der Waals surface area contributed by atoms with Gasteiger partial charge in [-0.3, -0.25) is 4.57 Å². The Morgan fingerprint density at radius 1 is 0.359 bits per heavy atom. The van der Waals surface area contributed by atoms with Crippen LogP contribution in [0, 0.1) is 0 Å². The molecule has 0 aliphatic rings. The molecule has 0 radical (unpaired) electrons. The summed E-state index contributed by atoms with van der Waals surface area (Å²) in [6.07, 6.45) is 0. The van der Waals surface area contributed by atoms with E-state index in [-0.39, 0.29) is 0 Å². The summed E-state index contributed by atoms with van der Waals surface area (Å²) in [6.45, 7) is 0. The van der Waals surface area contributed by atoms with Gasteiger partial charge in [-0.05, 0) is 77.9 Å². The highest BCUT2D eigenvalue weighted by Gasteiger charge is 2.26. The number of nitrogens with zero attached hydrogens (tertiary/aromatic N) is 5. The van der Waals surface area contributed by atoms with E-state index in [9.17, 15) is 0 Å². The highest BCUT2D eigenvalue weighted by atomic mass is 32.1. The lowest BCUT2D eigenvalue weighted by molar-refractivity contribution is 1.02. The molecule has 0 saturated carbocycles. The maximum absolute atomic E-state index is 5.44. The Kier molecular flexibility index (Phi) is 7.49. The van der Waals surface area contributed by atoms with Crippen molar-refractivity contribution in [1.82, 2.24) is 23.7 Å². The van der Waals surface area contributed by atoms with Crippen molar-refractivity contribution in [3.05, 3.63) is 212 Å². The quantitative estimate of drug-likeness (QED) is 0.173. The number of hydrogen-bond acceptors (Lipinski definition) is 3. The zero-order chi connectivity index (χ0) is 41.9. The van der Waals surface area contributed by atoms with Gasteiger partial charge in [0.15, 0.2) is 0 Å². The van der Waals surface area contributed by atoms with Crippen LogP contribution in [-0.2, 0) is 0 Å². The summed E-state index contributed by atoms with van der Waals surface area (Å²) in [6, 6.07) is 76.6. The average Bonchev–Trinajstić information content (AvgIpc) is 4.11. The number of thiophene rings is 1. The fourth-order valence-corrected chi connectivity index (χ4v) is 11.5. The summed E-state index contributed by atoms with van der Waals surface area (Å²) in [4.78, 5) is 10.9. The predicted molar refractivity (Wildman–Crippen MR) is 269 cm³/mol. The summed E-state index contributed by atoms with van der Waals surface area (Å²) in [5.41, 5.74) is 14.5. The second-order valence-electron chi connectivity index (χ2n) is 16.5. The van der Waals surface area contributed by atoms with Gasteiger partial charge in [-0.15, -0.1) is 11.3 Å². The largest absolute Gasteiger partial charge is 0.307 e. The molecule has 0 amide bonds. The first kappa shape index (κ1) is 35.3. The Balaban J connectivity index is 1.10. The normalized spacial score (nSPS) is 12.1. The minimum atomic E-state index is 0.664. The molecule has 0 atom stereocenters. The van der Waals surface area contributed by atoms with Crippen molar-refractivity contribution in [1.29, 1.82) is 0 Å². The van der Waals surface area contributed by atoms with Crippen molar-refractivity contribution in [3.63, 3.8) is 0 Å². The van der Waals surface area contributed by atoms with E-state index in [1.807, 2.05) is 0 Å². The second kappa shape index (κ2) is 13.6. The minimum absolute atomic E-state index is 0.664. The Hall–Kier alpha value is -8.32. The first-order valence-electron chi connectivity index (χ1n) is 21.7. The molecule has 0 aliphatic carbocycles. The van der Waals surface area contributed by atoms with Gasteiger partial charge in [-0.2, -0.15) is 0 Å². The van der Waals surface area contributed by atoms with Gasteiger partial charge in [0.1, 0.15) is 0 Å². The van der Waals surface area contributed by atoms with Crippen molar-refractivity contribution in [2.45, 2.75) is 0 Å². The zero-order valence-corrected chi connectivity index (χ0v) is 35.2. The molecule has 298 valence electrons. The molecule has 0 aliphatic heterocycles. The van der Waals surface area contributed by atoms with Crippen molar-refractivity contribution in [2.75, 3.05) is 0 Å². The van der Waals surface area contributed by atoms with Gasteiger partial charge >= 0.3 is 0 Å². The van der Waals surface area contributed by atoms with Crippen LogP contribution in [0.3, 0.4) is 0 Å². The third-order valence-corrected chi connectivity index (χ3v) is 14.2.